The number of aromatic nitrogens is 1. The van der Waals surface area contributed by atoms with E-state index in [2.05, 4.69) is 10.3 Å². The number of nitrogens with zero attached hydrogens (tertiary/aromatic N) is 1. The van der Waals surface area contributed by atoms with E-state index in [9.17, 15) is 4.79 Å². The molecule has 0 spiro atoms. The number of amides is 1. The van der Waals surface area contributed by atoms with Crippen LogP contribution in [0.3, 0.4) is 0 Å². The molecule has 1 aromatic rings. The molecule has 106 valence electrons. The fraction of sp³-hybridized carbons (Fsp3) is 0.667. The molecule has 0 bridgehead atoms. The Morgan fingerprint density at radius 3 is 3.21 bits per heavy atom. The van der Waals surface area contributed by atoms with Gasteiger partial charge in [-0.3, -0.25) is 10.1 Å². The van der Waals surface area contributed by atoms with Crippen molar-refractivity contribution in [3.63, 3.8) is 0 Å². The Balaban J connectivity index is 1.81. The summed E-state index contributed by atoms with van der Waals surface area (Å²) in [5.41, 5.74) is 6.99. The maximum atomic E-state index is 11.6. The Morgan fingerprint density at radius 1 is 1.58 bits per heavy atom. The molecule has 7 heteroatoms. The molecule has 0 saturated carbocycles. The van der Waals surface area contributed by atoms with Gasteiger partial charge < -0.3 is 15.2 Å². The Kier molecular flexibility index (Phi) is 5.26. The van der Waals surface area contributed by atoms with Gasteiger partial charge in [0.05, 0.1) is 18.9 Å². The summed E-state index contributed by atoms with van der Waals surface area (Å²) in [4.78, 5) is 17.2. The first-order valence-corrected chi connectivity index (χ1v) is 7.11. The number of ether oxygens (including phenoxy) is 2. The topological polar surface area (TPSA) is 86.5 Å². The van der Waals surface area contributed by atoms with Crippen molar-refractivity contribution in [1.29, 1.82) is 0 Å². The van der Waals surface area contributed by atoms with Crippen molar-refractivity contribution in [2.75, 3.05) is 32.2 Å². The molecule has 0 saturated heterocycles. The van der Waals surface area contributed by atoms with Crippen LogP contribution in [-0.4, -0.2) is 43.9 Å². The van der Waals surface area contributed by atoms with Gasteiger partial charge in [0.1, 0.15) is 6.61 Å². The molecule has 1 aliphatic carbocycles. The lowest BCUT2D eigenvalue weighted by molar-refractivity contribution is -0.121. The SMILES string of the molecule is COCCOCC(=O)Nc1nc2c(s1)C[C@@H](N)CC2. The Hall–Kier alpha value is -1.02. The van der Waals surface area contributed by atoms with Gasteiger partial charge in [-0.2, -0.15) is 0 Å². The van der Waals surface area contributed by atoms with Crippen molar-refractivity contribution in [3.8, 4) is 0 Å². The van der Waals surface area contributed by atoms with Crippen LogP contribution in [0, 0.1) is 0 Å². The summed E-state index contributed by atoms with van der Waals surface area (Å²) < 4.78 is 9.98. The first-order valence-electron chi connectivity index (χ1n) is 6.29. The molecule has 1 amide bonds. The van der Waals surface area contributed by atoms with E-state index in [4.69, 9.17) is 15.2 Å². The summed E-state index contributed by atoms with van der Waals surface area (Å²) in [5.74, 6) is -0.188. The minimum Gasteiger partial charge on any atom is -0.382 e. The van der Waals surface area contributed by atoms with Gasteiger partial charge in [0, 0.05) is 18.0 Å². The fourth-order valence-electron chi connectivity index (χ4n) is 1.92. The molecule has 0 fully saturated rings. The maximum absolute atomic E-state index is 11.6. The van der Waals surface area contributed by atoms with Gasteiger partial charge in [0.15, 0.2) is 5.13 Å². The summed E-state index contributed by atoms with van der Waals surface area (Å²) in [6.07, 6.45) is 2.71. The highest BCUT2D eigenvalue weighted by Crippen LogP contribution is 2.29. The monoisotopic (exact) mass is 285 g/mol. The number of carbonyl (C=O) groups is 1. The zero-order valence-corrected chi connectivity index (χ0v) is 11.8. The summed E-state index contributed by atoms with van der Waals surface area (Å²) >= 11 is 1.51. The highest BCUT2D eigenvalue weighted by atomic mass is 32.1. The van der Waals surface area contributed by atoms with E-state index in [0.717, 1.165) is 25.0 Å². The van der Waals surface area contributed by atoms with E-state index in [0.29, 0.717) is 18.3 Å². The molecule has 1 heterocycles. The zero-order valence-electron chi connectivity index (χ0n) is 11.0. The maximum Gasteiger partial charge on any atom is 0.252 e. The fourth-order valence-corrected chi connectivity index (χ4v) is 3.03. The van der Waals surface area contributed by atoms with E-state index in [-0.39, 0.29) is 18.6 Å². The Labute approximate surface area is 116 Å². The Bertz CT molecular complexity index is 436. The lowest BCUT2D eigenvalue weighted by Gasteiger charge is -2.15. The van der Waals surface area contributed by atoms with Gasteiger partial charge in [0.2, 0.25) is 0 Å². The quantitative estimate of drug-likeness (QED) is 0.746. The molecule has 2 rings (SSSR count). The van der Waals surface area contributed by atoms with Crippen molar-refractivity contribution in [2.45, 2.75) is 25.3 Å². The zero-order chi connectivity index (χ0) is 13.7. The van der Waals surface area contributed by atoms with Crippen LogP contribution in [0.4, 0.5) is 5.13 Å². The van der Waals surface area contributed by atoms with Crippen molar-refractivity contribution in [2.24, 2.45) is 5.73 Å². The second-order valence-electron chi connectivity index (χ2n) is 4.49. The number of methoxy groups -OCH3 is 1. The first-order chi connectivity index (χ1) is 9.19. The number of thiazole rings is 1. The molecule has 19 heavy (non-hydrogen) atoms. The van der Waals surface area contributed by atoms with Crippen molar-refractivity contribution in [3.05, 3.63) is 10.6 Å². The molecule has 1 atom stereocenters. The van der Waals surface area contributed by atoms with Crippen molar-refractivity contribution < 1.29 is 14.3 Å². The number of nitrogens with one attached hydrogen (secondary N) is 1. The number of carbonyl (C=O) groups excluding carboxylic acids is 1. The molecule has 6 nitrogen and oxygen atoms in total. The van der Waals surface area contributed by atoms with Crippen LogP contribution < -0.4 is 11.1 Å². The highest BCUT2D eigenvalue weighted by molar-refractivity contribution is 7.15. The van der Waals surface area contributed by atoms with Gasteiger partial charge in [-0.15, -0.1) is 11.3 Å². The summed E-state index contributed by atoms with van der Waals surface area (Å²) in [7, 11) is 1.59. The molecule has 1 aliphatic rings. The minimum atomic E-state index is -0.188. The molecule has 0 radical (unpaired) electrons. The van der Waals surface area contributed by atoms with Crippen LogP contribution in [0.25, 0.3) is 0 Å². The molecular formula is C12H19N3O3S. The van der Waals surface area contributed by atoms with Crippen LogP contribution >= 0.6 is 11.3 Å². The second kappa shape index (κ2) is 6.95. The standard InChI is InChI=1S/C12H19N3O3S/c1-17-4-5-18-7-11(16)15-12-14-9-3-2-8(13)6-10(9)19-12/h8H,2-7,13H2,1H3,(H,14,15,16)/t8-/m0/s1. The molecule has 0 aromatic carbocycles. The number of hydrogen-bond acceptors (Lipinski definition) is 6. The smallest absolute Gasteiger partial charge is 0.252 e. The second-order valence-corrected chi connectivity index (χ2v) is 5.57. The highest BCUT2D eigenvalue weighted by Gasteiger charge is 2.20. The largest absolute Gasteiger partial charge is 0.382 e. The van der Waals surface area contributed by atoms with Gasteiger partial charge >= 0.3 is 0 Å². The number of aryl methyl sites for hydroxylation is 1. The molecule has 1 aromatic heterocycles. The summed E-state index contributed by atoms with van der Waals surface area (Å²) in [6, 6.07) is 0.217. The lowest BCUT2D eigenvalue weighted by Crippen LogP contribution is -2.27. The average Bonchev–Trinajstić information content (AvgIpc) is 2.76. The van der Waals surface area contributed by atoms with E-state index in [1.807, 2.05) is 0 Å². The normalized spacial score (nSPS) is 18.1. The first kappa shape index (κ1) is 14.4. The molecular weight excluding hydrogens is 266 g/mol. The van der Waals surface area contributed by atoms with Crippen LogP contribution in [-0.2, 0) is 27.1 Å². The average molecular weight is 285 g/mol. The minimum absolute atomic E-state index is 0.0210. The van der Waals surface area contributed by atoms with Gasteiger partial charge in [-0.1, -0.05) is 0 Å². The van der Waals surface area contributed by atoms with E-state index >= 15 is 0 Å². The number of hydrogen-bond donors (Lipinski definition) is 2. The van der Waals surface area contributed by atoms with Gasteiger partial charge in [-0.25, -0.2) is 4.98 Å². The molecule has 3 N–H and O–H groups in total. The predicted molar refractivity (Wildman–Crippen MR) is 73.4 cm³/mol. The number of nitrogens with two attached hydrogens (primary N) is 1. The van der Waals surface area contributed by atoms with Crippen LogP contribution in [0.15, 0.2) is 0 Å². The van der Waals surface area contributed by atoms with Gasteiger partial charge in [0.25, 0.3) is 5.91 Å². The van der Waals surface area contributed by atoms with Crippen LogP contribution in [0.1, 0.15) is 17.0 Å². The van der Waals surface area contributed by atoms with E-state index < -0.39 is 0 Å². The third kappa shape index (κ3) is 4.24. The van der Waals surface area contributed by atoms with Crippen LogP contribution in [0.2, 0.25) is 0 Å². The summed E-state index contributed by atoms with van der Waals surface area (Å²) in [5, 5.41) is 3.39. The Morgan fingerprint density at radius 2 is 2.42 bits per heavy atom. The number of fused-ring (bicyclic) bond motifs is 1. The van der Waals surface area contributed by atoms with Crippen molar-refractivity contribution >= 4 is 22.4 Å². The number of rotatable bonds is 6. The van der Waals surface area contributed by atoms with Gasteiger partial charge in [-0.05, 0) is 19.3 Å². The number of anilines is 1. The molecule has 0 unspecified atom stereocenters. The third-order valence-corrected chi connectivity index (χ3v) is 3.92. The summed E-state index contributed by atoms with van der Waals surface area (Å²) in [6.45, 7) is 0.914. The van der Waals surface area contributed by atoms with Crippen LogP contribution in [0.5, 0.6) is 0 Å². The van der Waals surface area contributed by atoms with Crippen molar-refractivity contribution in [1.82, 2.24) is 4.98 Å². The van der Waals surface area contributed by atoms with E-state index in [1.165, 1.54) is 16.2 Å². The lowest BCUT2D eigenvalue weighted by atomic mass is 9.99. The third-order valence-electron chi connectivity index (χ3n) is 2.89. The molecule has 0 aliphatic heterocycles. The van der Waals surface area contributed by atoms with E-state index in [1.54, 1.807) is 7.11 Å². The predicted octanol–water partition coefficient (Wildman–Crippen LogP) is 0.561.